The average molecular weight is 349 g/mol. The number of carbonyl (C=O) groups excluding carboxylic acids is 1. The van der Waals surface area contributed by atoms with E-state index in [1.165, 1.54) is 31.4 Å². The molecule has 0 fully saturated rings. The predicted molar refractivity (Wildman–Crippen MR) is 89.4 cm³/mol. The first-order valence-corrected chi connectivity index (χ1v) is 8.84. The van der Waals surface area contributed by atoms with Gasteiger partial charge in [-0.1, -0.05) is 18.2 Å². The Morgan fingerprint density at radius 2 is 1.88 bits per heavy atom. The van der Waals surface area contributed by atoms with E-state index in [4.69, 9.17) is 4.74 Å². The highest BCUT2D eigenvalue weighted by atomic mass is 32.2. The molecule has 0 spiro atoms. The zero-order valence-electron chi connectivity index (χ0n) is 13.5. The molecule has 0 aromatic heterocycles. The number of carbonyl (C=O) groups is 1. The Balaban J connectivity index is 2.14. The number of sulfonamides is 1. The molecule has 24 heavy (non-hydrogen) atoms. The van der Waals surface area contributed by atoms with Crippen molar-refractivity contribution in [1.82, 2.24) is 4.72 Å². The second kappa shape index (κ2) is 7.94. The Labute approximate surface area is 141 Å². The van der Waals surface area contributed by atoms with E-state index in [-0.39, 0.29) is 17.0 Å². The van der Waals surface area contributed by atoms with Gasteiger partial charge in [0.05, 0.1) is 24.2 Å². The minimum atomic E-state index is -3.75. The lowest BCUT2D eigenvalue weighted by Crippen LogP contribution is -2.23. The third-order valence-electron chi connectivity index (χ3n) is 3.24. The maximum atomic E-state index is 12.4. The largest absolute Gasteiger partial charge is 0.494 e. The maximum Gasteiger partial charge on any atom is 0.337 e. The molecular weight excluding hydrogens is 330 g/mol. The van der Waals surface area contributed by atoms with Gasteiger partial charge < -0.3 is 9.47 Å². The number of hydrogen-bond donors (Lipinski definition) is 1. The van der Waals surface area contributed by atoms with Gasteiger partial charge in [-0.15, -0.1) is 0 Å². The van der Waals surface area contributed by atoms with Gasteiger partial charge >= 0.3 is 5.97 Å². The first-order chi connectivity index (χ1) is 11.5. The molecule has 0 radical (unpaired) electrons. The summed E-state index contributed by atoms with van der Waals surface area (Å²) in [5.41, 5.74) is 0.951. The molecule has 0 aliphatic carbocycles. The van der Waals surface area contributed by atoms with E-state index in [0.29, 0.717) is 12.4 Å². The lowest BCUT2D eigenvalue weighted by Gasteiger charge is -2.09. The van der Waals surface area contributed by atoms with Crippen LogP contribution in [0.15, 0.2) is 53.4 Å². The first kappa shape index (κ1) is 18.0. The van der Waals surface area contributed by atoms with Crippen molar-refractivity contribution in [1.29, 1.82) is 0 Å². The number of esters is 1. The van der Waals surface area contributed by atoms with Crippen LogP contribution in [0.5, 0.6) is 5.75 Å². The predicted octanol–water partition coefficient (Wildman–Crippen LogP) is 2.35. The van der Waals surface area contributed by atoms with Crippen LogP contribution in [0.2, 0.25) is 0 Å². The van der Waals surface area contributed by atoms with Crippen LogP contribution in [0.3, 0.4) is 0 Å². The summed E-state index contributed by atoms with van der Waals surface area (Å²) >= 11 is 0. The fraction of sp³-hybridized carbons (Fsp3) is 0.235. The molecule has 0 saturated heterocycles. The minimum Gasteiger partial charge on any atom is -0.494 e. The SMILES string of the molecule is CCOc1cccc(CNS(=O)(=O)c2cccc(C(=O)OC)c2)c1. The van der Waals surface area contributed by atoms with Crippen molar-refractivity contribution < 1.29 is 22.7 Å². The van der Waals surface area contributed by atoms with Crippen molar-refractivity contribution in [2.45, 2.75) is 18.4 Å². The lowest BCUT2D eigenvalue weighted by atomic mass is 10.2. The molecule has 128 valence electrons. The van der Waals surface area contributed by atoms with E-state index in [9.17, 15) is 13.2 Å². The van der Waals surface area contributed by atoms with Crippen LogP contribution in [0.1, 0.15) is 22.8 Å². The van der Waals surface area contributed by atoms with Gasteiger partial charge in [0.15, 0.2) is 0 Å². The highest BCUT2D eigenvalue weighted by molar-refractivity contribution is 7.89. The average Bonchev–Trinajstić information content (AvgIpc) is 2.60. The van der Waals surface area contributed by atoms with Crippen LogP contribution in [-0.4, -0.2) is 28.1 Å². The van der Waals surface area contributed by atoms with Crippen molar-refractivity contribution in [2.75, 3.05) is 13.7 Å². The van der Waals surface area contributed by atoms with Crippen molar-refractivity contribution in [3.8, 4) is 5.75 Å². The molecule has 0 bridgehead atoms. The molecule has 0 aliphatic rings. The number of ether oxygens (including phenoxy) is 2. The molecule has 0 unspecified atom stereocenters. The molecule has 0 atom stereocenters. The van der Waals surface area contributed by atoms with E-state index < -0.39 is 16.0 Å². The number of rotatable bonds is 7. The smallest absolute Gasteiger partial charge is 0.337 e. The highest BCUT2D eigenvalue weighted by Crippen LogP contribution is 2.15. The van der Waals surface area contributed by atoms with Gasteiger partial charge in [0.25, 0.3) is 0 Å². The summed E-state index contributed by atoms with van der Waals surface area (Å²) < 4.78 is 37.3. The number of nitrogens with one attached hydrogen (secondary N) is 1. The van der Waals surface area contributed by atoms with Gasteiger partial charge in [0.1, 0.15) is 5.75 Å². The summed E-state index contributed by atoms with van der Waals surface area (Å²) in [6.07, 6.45) is 0. The van der Waals surface area contributed by atoms with Crippen LogP contribution in [0.4, 0.5) is 0 Å². The Morgan fingerprint density at radius 3 is 2.58 bits per heavy atom. The molecule has 0 heterocycles. The van der Waals surface area contributed by atoms with Gasteiger partial charge in [-0.05, 0) is 42.8 Å². The number of hydrogen-bond acceptors (Lipinski definition) is 5. The van der Waals surface area contributed by atoms with Crippen molar-refractivity contribution in [2.24, 2.45) is 0 Å². The maximum absolute atomic E-state index is 12.4. The van der Waals surface area contributed by atoms with E-state index in [2.05, 4.69) is 9.46 Å². The quantitative estimate of drug-likeness (QED) is 0.776. The van der Waals surface area contributed by atoms with E-state index in [1.54, 1.807) is 24.3 Å². The van der Waals surface area contributed by atoms with Gasteiger partial charge in [-0.3, -0.25) is 0 Å². The van der Waals surface area contributed by atoms with Gasteiger partial charge in [-0.25, -0.2) is 17.9 Å². The van der Waals surface area contributed by atoms with Crippen molar-refractivity contribution in [3.05, 3.63) is 59.7 Å². The second-order valence-electron chi connectivity index (χ2n) is 4.92. The zero-order valence-corrected chi connectivity index (χ0v) is 14.3. The van der Waals surface area contributed by atoms with Crippen LogP contribution in [0, 0.1) is 0 Å². The first-order valence-electron chi connectivity index (χ1n) is 7.36. The molecule has 0 saturated carbocycles. The summed E-state index contributed by atoms with van der Waals surface area (Å²) in [5.74, 6) is 0.0957. The molecule has 2 aromatic rings. The minimum absolute atomic E-state index is 0.00589. The van der Waals surface area contributed by atoms with Crippen LogP contribution in [-0.2, 0) is 21.3 Å². The Bertz CT molecular complexity index is 817. The standard InChI is InChI=1S/C17H19NO5S/c1-3-23-15-8-4-6-13(10-15)12-18-24(20,21)16-9-5-7-14(11-16)17(19)22-2/h4-11,18H,3,12H2,1-2H3. The Kier molecular flexibility index (Phi) is 5.94. The molecule has 6 nitrogen and oxygen atoms in total. The lowest BCUT2D eigenvalue weighted by molar-refractivity contribution is 0.0600. The summed E-state index contributed by atoms with van der Waals surface area (Å²) in [6.45, 7) is 2.53. The topological polar surface area (TPSA) is 81.7 Å². The molecule has 2 rings (SSSR count). The monoisotopic (exact) mass is 349 g/mol. The molecule has 7 heteroatoms. The highest BCUT2D eigenvalue weighted by Gasteiger charge is 2.16. The molecule has 2 aromatic carbocycles. The third kappa shape index (κ3) is 4.56. The summed E-state index contributed by atoms with van der Waals surface area (Å²) in [7, 11) is -2.50. The number of methoxy groups -OCH3 is 1. The van der Waals surface area contributed by atoms with E-state index >= 15 is 0 Å². The van der Waals surface area contributed by atoms with E-state index in [0.717, 1.165) is 5.56 Å². The van der Waals surface area contributed by atoms with Crippen molar-refractivity contribution >= 4 is 16.0 Å². The van der Waals surface area contributed by atoms with E-state index in [1.807, 2.05) is 6.92 Å². The fourth-order valence-corrected chi connectivity index (χ4v) is 3.14. The van der Waals surface area contributed by atoms with Gasteiger partial charge in [0.2, 0.25) is 10.0 Å². The Morgan fingerprint density at radius 1 is 1.12 bits per heavy atom. The third-order valence-corrected chi connectivity index (χ3v) is 4.64. The number of benzene rings is 2. The van der Waals surface area contributed by atoms with Crippen LogP contribution < -0.4 is 9.46 Å². The Hall–Kier alpha value is -2.38. The fourth-order valence-electron chi connectivity index (χ4n) is 2.08. The van der Waals surface area contributed by atoms with Crippen LogP contribution >= 0.6 is 0 Å². The summed E-state index contributed by atoms with van der Waals surface area (Å²) in [6, 6.07) is 12.9. The molecule has 0 amide bonds. The van der Waals surface area contributed by atoms with Gasteiger partial charge in [-0.2, -0.15) is 0 Å². The normalized spacial score (nSPS) is 11.1. The molecule has 0 aliphatic heterocycles. The molecule has 1 N–H and O–H groups in total. The summed E-state index contributed by atoms with van der Waals surface area (Å²) in [4.78, 5) is 11.5. The second-order valence-corrected chi connectivity index (χ2v) is 6.69. The molecular formula is C17H19NO5S. The van der Waals surface area contributed by atoms with Crippen molar-refractivity contribution in [3.63, 3.8) is 0 Å². The zero-order chi connectivity index (χ0) is 17.6. The van der Waals surface area contributed by atoms with Crippen LogP contribution in [0.25, 0.3) is 0 Å². The van der Waals surface area contributed by atoms with Gasteiger partial charge in [0, 0.05) is 6.54 Å². The summed E-state index contributed by atoms with van der Waals surface area (Å²) in [5, 5.41) is 0.